The van der Waals surface area contributed by atoms with Gasteiger partial charge in [-0.2, -0.15) is 83.6 Å². The quantitative estimate of drug-likeness (QED) is 0.408. The van der Waals surface area contributed by atoms with Crippen molar-refractivity contribution in [2.75, 3.05) is 0 Å². The molecule has 1 unspecified atom stereocenters. The van der Waals surface area contributed by atoms with Gasteiger partial charge in [0.1, 0.15) is 0 Å². The van der Waals surface area contributed by atoms with Gasteiger partial charge in [-0.25, -0.2) is 0 Å². The summed E-state index contributed by atoms with van der Waals surface area (Å²) in [6, 6.07) is 18.9. The van der Waals surface area contributed by atoms with Crippen molar-refractivity contribution in [2.45, 2.75) is 75.2 Å². The Hall–Kier alpha value is -0.391. The van der Waals surface area contributed by atoms with Gasteiger partial charge in [-0.1, -0.05) is 68.2 Å². The van der Waals surface area contributed by atoms with Crippen LogP contribution in [-0.4, -0.2) is 0 Å². The van der Waals surface area contributed by atoms with Crippen molar-refractivity contribution in [3.05, 3.63) is 84.6 Å². The van der Waals surface area contributed by atoms with Gasteiger partial charge < -0.3 is 13.8 Å². The average Bonchev–Trinajstić information content (AvgIpc) is 2.65. The first kappa shape index (κ1) is 38.2. The van der Waals surface area contributed by atoms with Gasteiger partial charge in [-0.15, -0.1) is 0 Å². The fourth-order valence-corrected chi connectivity index (χ4v) is 2.08. The monoisotopic (exact) mass is 456 g/mol. The molecule has 28 heavy (non-hydrogen) atoms. The van der Waals surface area contributed by atoms with E-state index >= 15 is 0 Å². The second-order valence-electron chi connectivity index (χ2n) is 5.65. The summed E-state index contributed by atoms with van der Waals surface area (Å²) in [5, 5.41) is 0. The first-order valence-electron chi connectivity index (χ1n) is 9.79. The molecule has 0 aliphatic rings. The average molecular weight is 457 g/mol. The molecule has 2 aromatic rings. The van der Waals surface area contributed by atoms with Crippen molar-refractivity contribution in [3.63, 3.8) is 0 Å². The molecule has 0 fully saturated rings. The molecule has 0 aliphatic heterocycles. The smallest absolute Gasteiger partial charge is 0.358 e. The molecule has 0 nitrogen and oxygen atoms in total. The molecule has 2 aromatic carbocycles. The third-order valence-corrected chi connectivity index (χ3v) is 3.53. The Morgan fingerprint density at radius 2 is 1.25 bits per heavy atom. The Bertz CT molecular complexity index is 535. The van der Waals surface area contributed by atoms with E-state index in [1.165, 1.54) is 22.3 Å². The zero-order chi connectivity index (χ0) is 19.7. The van der Waals surface area contributed by atoms with E-state index in [1.807, 2.05) is 39.8 Å². The fourth-order valence-electron chi connectivity index (χ4n) is 2.08. The zero-order valence-electron chi connectivity index (χ0n) is 19.9. The van der Waals surface area contributed by atoms with Gasteiger partial charge in [0.15, 0.2) is 0 Å². The maximum Gasteiger partial charge on any atom is 2.00 e. The molecule has 156 valence electrons. The van der Waals surface area contributed by atoms with Crippen LogP contribution in [0.3, 0.4) is 0 Å². The van der Waals surface area contributed by atoms with Crippen LogP contribution in [0.1, 0.15) is 70.7 Å². The number of hydrogen-bond acceptors (Lipinski definition) is 0. The standard InChI is InChI=1S/C12H16.C9H11.2C2H6.CH3.2V/c1-4-10(2)8-12-7-5-6-11(3)9-12;1-3-9-6-4-5-8(2)7-9;2*1-2;;;/h4-6,9-10H,8H2,1-3H3;4-5,7H,3H2,1-2H3;2*1-2H3;1H3;;/q-2;-1;;;-1;2*+2. The predicted molar refractivity (Wildman–Crippen MR) is 121 cm³/mol. The Morgan fingerprint density at radius 3 is 1.57 bits per heavy atom. The summed E-state index contributed by atoms with van der Waals surface area (Å²) < 4.78 is 0. The van der Waals surface area contributed by atoms with E-state index in [9.17, 15) is 0 Å². The molecule has 0 heterocycles. The molecule has 0 N–H and O–H groups in total. The van der Waals surface area contributed by atoms with Crippen molar-refractivity contribution in [2.24, 2.45) is 5.92 Å². The summed E-state index contributed by atoms with van der Waals surface area (Å²) in [4.78, 5) is 0. The first-order chi connectivity index (χ1) is 12.0. The zero-order valence-corrected chi connectivity index (χ0v) is 22.7. The summed E-state index contributed by atoms with van der Waals surface area (Å²) >= 11 is 0. The van der Waals surface area contributed by atoms with E-state index in [0.29, 0.717) is 5.92 Å². The van der Waals surface area contributed by atoms with Gasteiger partial charge in [0.05, 0.1) is 0 Å². The fraction of sp³-hybridized carbons (Fsp3) is 0.462. The Balaban J connectivity index is -0.0000000997. The van der Waals surface area contributed by atoms with Crippen LogP contribution in [0.4, 0.5) is 0 Å². The van der Waals surface area contributed by atoms with Gasteiger partial charge >= 0.3 is 37.1 Å². The van der Waals surface area contributed by atoms with Gasteiger partial charge in [0.25, 0.3) is 0 Å². The van der Waals surface area contributed by atoms with Crippen molar-refractivity contribution in [1.82, 2.24) is 0 Å². The van der Waals surface area contributed by atoms with E-state index in [2.05, 4.69) is 77.4 Å². The van der Waals surface area contributed by atoms with Crippen LogP contribution in [0.25, 0.3) is 0 Å². The van der Waals surface area contributed by atoms with Crippen LogP contribution < -0.4 is 0 Å². The van der Waals surface area contributed by atoms with Crippen LogP contribution in [0, 0.1) is 45.7 Å². The normalized spacial score (nSPS) is 9.04. The maximum atomic E-state index is 3.25. The van der Waals surface area contributed by atoms with Crippen LogP contribution >= 0.6 is 0 Å². The van der Waals surface area contributed by atoms with E-state index < -0.39 is 0 Å². The molecule has 2 radical (unpaired) electrons. The summed E-state index contributed by atoms with van der Waals surface area (Å²) in [6.45, 7) is 18.7. The summed E-state index contributed by atoms with van der Waals surface area (Å²) in [7, 11) is 0. The SMILES string of the molecule is CC.CC.CCc1[c-]ccc(C)c1.C[CH-]C(C)Cc1[c-]ccc(C)c1.[CH3-].[V+2].[V+2]. The molecule has 2 heteroatoms. The van der Waals surface area contributed by atoms with Crippen LogP contribution in [-0.2, 0) is 50.0 Å². The Labute approximate surface area is 202 Å². The second kappa shape index (κ2) is 26.6. The van der Waals surface area contributed by atoms with Gasteiger partial charge in [-0.05, 0) is 0 Å². The molecule has 0 aromatic heterocycles. The van der Waals surface area contributed by atoms with Gasteiger partial charge in [0.2, 0.25) is 0 Å². The van der Waals surface area contributed by atoms with Crippen LogP contribution in [0.2, 0.25) is 0 Å². The van der Waals surface area contributed by atoms with Crippen LogP contribution in [0.5, 0.6) is 0 Å². The minimum atomic E-state index is 0. The Morgan fingerprint density at radius 1 is 0.857 bits per heavy atom. The number of aryl methyl sites for hydroxylation is 3. The molecular formula is C26H42V2. The van der Waals surface area contributed by atoms with E-state index in [0.717, 1.165) is 12.8 Å². The van der Waals surface area contributed by atoms with Crippen LogP contribution in [0.15, 0.2) is 36.4 Å². The second-order valence-corrected chi connectivity index (χ2v) is 5.65. The minimum absolute atomic E-state index is 0. The summed E-state index contributed by atoms with van der Waals surface area (Å²) in [6.07, 6.45) is 4.43. The largest absolute Gasteiger partial charge is 2.00 e. The predicted octanol–water partition coefficient (Wildman–Crippen LogP) is 8.05. The van der Waals surface area contributed by atoms with E-state index in [4.69, 9.17) is 0 Å². The minimum Gasteiger partial charge on any atom is -0.358 e. The van der Waals surface area contributed by atoms with Crippen molar-refractivity contribution in [3.8, 4) is 0 Å². The molecule has 0 aliphatic carbocycles. The Kier molecular flexibility index (Phi) is 36.3. The molecule has 0 saturated carbocycles. The molecule has 0 bridgehead atoms. The maximum absolute atomic E-state index is 3.25. The van der Waals surface area contributed by atoms with Gasteiger partial charge in [-0.3, -0.25) is 0 Å². The van der Waals surface area contributed by atoms with Crippen molar-refractivity contribution >= 4 is 0 Å². The van der Waals surface area contributed by atoms with Crippen molar-refractivity contribution < 1.29 is 37.1 Å². The molecule has 2 rings (SSSR count). The molecule has 0 saturated heterocycles. The summed E-state index contributed by atoms with van der Waals surface area (Å²) in [5.74, 6) is 0.656. The summed E-state index contributed by atoms with van der Waals surface area (Å²) in [5.41, 5.74) is 5.27. The third-order valence-electron chi connectivity index (χ3n) is 3.53. The molecule has 0 spiro atoms. The molecule has 1 atom stereocenters. The topological polar surface area (TPSA) is 0 Å². The number of benzene rings is 2. The number of rotatable bonds is 4. The first-order valence-corrected chi connectivity index (χ1v) is 9.79. The van der Waals surface area contributed by atoms with E-state index in [1.54, 1.807) is 0 Å². The van der Waals surface area contributed by atoms with Gasteiger partial charge in [0, 0.05) is 0 Å². The molecule has 0 amide bonds. The third kappa shape index (κ3) is 20.3. The molecular weight excluding hydrogens is 414 g/mol. The van der Waals surface area contributed by atoms with Crippen molar-refractivity contribution in [1.29, 1.82) is 0 Å². The van der Waals surface area contributed by atoms with E-state index in [-0.39, 0.29) is 44.5 Å². The number of hydrogen-bond donors (Lipinski definition) is 0.